The molecule has 1 atom stereocenters. The van der Waals surface area contributed by atoms with Crippen LogP contribution in [0.1, 0.15) is 12.8 Å². The van der Waals surface area contributed by atoms with Crippen LogP contribution in [0.3, 0.4) is 0 Å². The largest absolute Gasteiger partial charge is 0.350 e. The maximum Gasteiger partial charge on any atom is 0.350 e. The summed E-state index contributed by atoms with van der Waals surface area (Å²) in [4.78, 5) is 25.8. The van der Waals surface area contributed by atoms with Gasteiger partial charge in [-0.05, 0) is 18.6 Å². The number of nitrogens with two attached hydrogens (primary N) is 1. The van der Waals surface area contributed by atoms with E-state index in [1.54, 1.807) is 23.2 Å². The maximum atomic E-state index is 12.0. The van der Waals surface area contributed by atoms with E-state index in [0.29, 0.717) is 25.3 Å². The van der Waals surface area contributed by atoms with Crippen LogP contribution in [0, 0.1) is 0 Å². The van der Waals surface area contributed by atoms with Crippen LogP contribution in [-0.4, -0.2) is 44.1 Å². The summed E-state index contributed by atoms with van der Waals surface area (Å²) < 4.78 is 2.81. The number of rotatable bonds is 3. The van der Waals surface area contributed by atoms with Crippen molar-refractivity contribution in [2.75, 3.05) is 13.1 Å². The molecule has 3 rings (SSSR count). The van der Waals surface area contributed by atoms with E-state index in [0.717, 1.165) is 6.42 Å². The van der Waals surface area contributed by atoms with Crippen molar-refractivity contribution in [3.05, 3.63) is 34.9 Å². The molecule has 20 heavy (non-hydrogen) atoms. The second-order valence-electron chi connectivity index (χ2n) is 5.07. The van der Waals surface area contributed by atoms with E-state index in [2.05, 4.69) is 5.10 Å². The first-order valence-corrected chi connectivity index (χ1v) is 6.73. The molecule has 7 nitrogen and oxygen atoms in total. The number of carbonyl (C=O) groups is 1. The quantitative estimate of drug-likeness (QED) is 0.814. The Morgan fingerprint density at radius 3 is 3.00 bits per heavy atom. The van der Waals surface area contributed by atoms with Gasteiger partial charge < -0.3 is 10.6 Å². The third-order valence-electron chi connectivity index (χ3n) is 3.60. The zero-order valence-electron chi connectivity index (χ0n) is 11.1. The number of aryl methyl sites for hydroxylation is 1. The van der Waals surface area contributed by atoms with E-state index in [1.165, 1.54) is 9.08 Å². The molecular weight excluding hydrogens is 258 g/mol. The molecule has 0 unspecified atom stereocenters. The summed E-state index contributed by atoms with van der Waals surface area (Å²) in [5.74, 6) is 0.0295. The van der Waals surface area contributed by atoms with Crippen LogP contribution in [0.25, 0.3) is 5.65 Å². The number of pyridine rings is 1. The van der Waals surface area contributed by atoms with Crippen LogP contribution in [0.5, 0.6) is 0 Å². The summed E-state index contributed by atoms with van der Waals surface area (Å²) in [7, 11) is 0. The number of amides is 1. The lowest BCUT2D eigenvalue weighted by molar-refractivity contribution is -0.130. The molecule has 1 aliphatic rings. The lowest BCUT2D eigenvalue weighted by Crippen LogP contribution is -2.33. The highest BCUT2D eigenvalue weighted by Gasteiger charge is 2.23. The number of nitrogens with zero attached hydrogens (tertiary/aromatic N) is 4. The summed E-state index contributed by atoms with van der Waals surface area (Å²) >= 11 is 0. The van der Waals surface area contributed by atoms with Crippen LogP contribution in [0.4, 0.5) is 0 Å². The van der Waals surface area contributed by atoms with E-state index in [4.69, 9.17) is 5.73 Å². The average Bonchev–Trinajstić information content (AvgIpc) is 3.01. The van der Waals surface area contributed by atoms with E-state index in [-0.39, 0.29) is 24.1 Å². The summed E-state index contributed by atoms with van der Waals surface area (Å²) in [6, 6.07) is 5.44. The molecule has 0 bridgehead atoms. The van der Waals surface area contributed by atoms with E-state index >= 15 is 0 Å². The molecule has 0 saturated carbocycles. The van der Waals surface area contributed by atoms with Gasteiger partial charge in [0.1, 0.15) is 0 Å². The molecule has 3 heterocycles. The van der Waals surface area contributed by atoms with E-state index in [9.17, 15) is 9.59 Å². The fourth-order valence-corrected chi connectivity index (χ4v) is 2.49. The fourth-order valence-electron chi connectivity index (χ4n) is 2.49. The monoisotopic (exact) mass is 275 g/mol. The molecule has 1 saturated heterocycles. The predicted octanol–water partition coefficient (Wildman–Crippen LogP) is -0.554. The van der Waals surface area contributed by atoms with Gasteiger partial charge in [-0.3, -0.25) is 9.20 Å². The number of likely N-dealkylation sites (tertiary alicyclic amines) is 1. The zero-order valence-corrected chi connectivity index (χ0v) is 11.1. The van der Waals surface area contributed by atoms with Gasteiger partial charge in [-0.1, -0.05) is 6.07 Å². The fraction of sp³-hybridized carbons (Fsp3) is 0.462. The Hall–Kier alpha value is -2.15. The van der Waals surface area contributed by atoms with Gasteiger partial charge in [-0.25, -0.2) is 9.48 Å². The van der Waals surface area contributed by atoms with Crippen molar-refractivity contribution in [3.63, 3.8) is 0 Å². The molecule has 0 aromatic carbocycles. The van der Waals surface area contributed by atoms with Crippen LogP contribution >= 0.6 is 0 Å². The first kappa shape index (κ1) is 12.9. The van der Waals surface area contributed by atoms with Crippen LogP contribution in [0.15, 0.2) is 29.2 Å². The molecule has 7 heteroatoms. The average molecular weight is 275 g/mol. The maximum absolute atomic E-state index is 12.0. The molecule has 2 aromatic rings. The van der Waals surface area contributed by atoms with Crippen molar-refractivity contribution in [2.45, 2.75) is 25.4 Å². The minimum atomic E-state index is -0.216. The van der Waals surface area contributed by atoms with Gasteiger partial charge in [-0.2, -0.15) is 0 Å². The van der Waals surface area contributed by atoms with Crippen molar-refractivity contribution in [1.82, 2.24) is 19.1 Å². The van der Waals surface area contributed by atoms with Gasteiger partial charge in [0, 0.05) is 31.7 Å². The molecule has 1 fully saturated rings. The van der Waals surface area contributed by atoms with Gasteiger partial charge >= 0.3 is 5.69 Å². The van der Waals surface area contributed by atoms with E-state index < -0.39 is 0 Å². The van der Waals surface area contributed by atoms with Gasteiger partial charge in [-0.15, -0.1) is 5.10 Å². The third kappa shape index (κ3) is 2.32. The van der Waals surface area contributed by atoms with Crippen LogP contribution in [0.2, 0.25) is 0 Å². The molecule has 0 aliphatic carbocycles. The number of fused-ring (bicyclic) bond motifs is 1. The van der Waals surface area contributed by atoms with Gasteiger partial charge in [0.2, 0.25) is 5.91 Å². The highest BCUT2D eigenvalue weighted by molar-refractivity contribution is 5.76. The number of hydrogen-bond donors (Lipinski definition) is 1. The molecular formula is C13H17N5O2. The SMILES string of the molecule is N[C@H]1CCN(C(=O)CCn2nc3ccccn3c2=O)C1. The molecule has 2 aromatic heterocycles. The second-order valence-corrected chi connectivity index (χ2v) is 5.07. The minimum absolute atomic E-state index is 0.0295. The zero-order chi connectivity index (χ0) is 14.1. The minimum Gasteiger partial charge on any atom is -0.341 e. The van der Waals surface area contributed by atoms with E-state index in [1.807, 2.05) is 6.07 Å². The Bertz CT molecular complexity index is 689. The van der Waals surface area contributed by atoms with Crippen molar-refractivity contribution in [3.8, 4) is 0 Å². The van der Waals surface area contributed by atoms with Crippen molar-refractivity contribution >= 4 is 11.6 Å². The number of aromatic nitrogens is 3. The summed E-state index contributed by atoms with van der Waals surface area (Å²) in [6.45, 7) is 1.62. The molecule has 0 spiro atoms. The van der Waals surface area contributed by atoms with Gasteiger partial charge in [0.15, 0.2) is 5.65 Å². The van der Waals surface area contributed by atoms with Gasteiger partial charge in [0.25, 0.3) is 0 Å². The molecule has 0 radical (unpaired) electrons. The smallest absolute Gasteiger partial charge is 0.341 e. The Morgan fingerprint density at radius 2 is 2.30 bits per heavy atom. The number of hydrogen-bond acceptors (Lipinski definition) is 4. The normalized spacial score (nSPS) is 18.9. The first-order chi connectivity index (χ1) is 9.65. The highest BCUT2D eigenvalue weighted by atomic mass is 16.2. The Morgan fingerprint density at radius 1 is 1.45 bits per heavy atom. The Labute approximate surface area is 115 Å². The number of carbonyl (C=O) groups excluding carboxylic acids is 1. The predicted molar refractivity (Wildman–Crippen MR) is 73.2 cm³/mol. The van der Waals surface area contributed by atoms with Crippen molar-refractivity contribution in [2.24, 2.45) is 5.73 Å². The standard InChI is InChI=1S/C13H17N5O2/c14-10-4-7-16(9-10)12(19)5-8-18-13(20)17-6-2-1-3-11(17)15-18/h1-3,6,10H,4-5,7-9,14H2/t10-/m0/s1. The van der Waals surface area contributed by atoms with Crippen molar-refractivity contribution < 1.29 is 4.79 Å². The Balaban J connectivity index is 1.69. The van der Waals surface area contributed by atoms with Crippen molar-refractivity contribution in [1.29, 1.82) is 0 Å². The first-order valence-electron chi connectivity index (χ1n) is 6.73. The topological polar surface area (TPSA) is 85.6 Å². The molecule has 1 aliphatic heterocycles. The van der Waals surface area contributed by atoms with Crippen LogP contribution < -0.4 is 11.4 Å². The van der Waals surface area contributed by atoms with Gasteiger partial charge in [0.05, 0.1) is 6.54 Å². The lowest BCUT2D eigenvalue weighted by Gasteiger charge is -2.15. The Kier molecular flexibility index (Phi) is 3.27. The second kappa shape index (κ2) is 5.09. The lowest BCUT2D eigenvalue weighted by atomic mass is 10.3. The summed E-state index contributed by atoms with van der Waals surface area (Å²) in [6.07, 6.45) is 2.79. The molecule has 106 valence electrons. The summed E-state index contributed by atoms with van der Waals surface area (Å²) in [5.41, 5.74) is 6.16. The molecule has 2 N–H and O–H groups in total. The third-order valence-corrected chi connectivity index (χ3v) is 3.60. The molecule has 1 amide bonds. The highest BCUT2D eigenvalue weighted by Crippen LogP contribution is 2.08. The summed E-state index contributed by atoms with van der Waals surface area (Å²) in [5, 5.41) is 4.20. The van der Waals surface area contributed by atoms with Crippen LogP contribution in [-0.2, 0) is 11.3 Å².